The molecule has 1 aromatic rings. The van der Waals surface area contributed by atoms with Crippen LogP contribution in [0.15, 0.2) is 17.0 Å². The fourth-order valence-electron chi connectivity index (χ4n) is 1.86. The average molecular weight is 326 g/mol. The van der Waals surface area contributed by atoms with Crippen molar-refractivity contribution in [2.24, 2.45) is 0 Å². The molecule has 120 valence electrons. The number of halogens is 3. The Labute approximate surface area is 121 Å². The van der Waals surface area contributed by atoms with Crippen LogP contribution < -0.4 is 5.73 Å². The summed E-state index contributed by atoms with van der Waals surface area (Å²) in [5.41, 5.74) is 6.61. The summed E-state index contributed by atoms with van der Waals surface area (Å²) in [7, 11) is -4.40. The van der Waals surface area contributed by atoms with Gasteiger partial charge in [0.05, 0.1) is 11.5 Å². The van der Waals surface area contributed by atoms with Crippen LogP contribution in [0.5, 0.6) is 0 Å². The molecule has 0 heterocycles. The number of sulfonamides is 1. The van der Waals surface area contributed by atoms with Gasteiger partial charge in [0.2, 0.25) is 10.0 Å². The SMILES string of the molecule is Cc1cc(N)cc(S(=O)(=O)N(CCO)CC(F)(F)F)c1C. The van der Waals surface area contributed by atoms with Crippen molar-refractivity contribution >= 4 is 15.7 Å². The van der Waals surface area contributed by atoms with Gasteiger partial charge in [0.25, 0.3) is 0 Å². The Balaban J connectivity index is 3.36. The van der Waals surface area contributed by atoms with Crippen molar-refractivity contribution in [1.29, 1.82) is 0 Å². The van der Waals surface area contributed by atoms with Gasteiger partial charge in [-0.15, -0.1) is 0 Å². The quantitative estimate of drug-likeness (QED) is 0.802. The van der Waals surface area contributed by atoms with Gasteiger partial charge in [-0.05, 0) is 37.1 Å². The summed E-state index contributed by atoms with van der Waals surface area (Å²) in [6, 6.07) is 2.66. The van der Waals surface area contributed by atoms with Crippen molar-refractivity contribution in [3.63, 3.8) is 0 Å². The number of nitrogen functional groups attached to an aromatic ring is 1. The number of alkyl halides is 3. The fourth-order valence-corrected chi connectivity index (χ4v) is 3.61. The van der Waals surface area contributed by atoms with Crippen molar-refractivity contribution in [3.8, 4) is 0 Å². The third-order valence-corrected chi connectivity index (χ3v) is 4.94. The Bertz CT molecular complexity index is 615. The normalized spacial score (nSPS) is 12.9. The van der Waals surface area contributed by atoms with Crippen LogP contribution in [0.4, 0.5) is 18.9 Å². The van der Waals surface area contributed by atoms with E-state index in [4.69, 9.17) is 10.8 Å². The molecule has 0 spiro atoms. The number of nitrogens with two attached hydrogens (primary N) is 1. The zero-order chi connectivity index (χ0) is 16.4. The van der Waals surface area contributed by atoms with Crippen LogP contribution in [-0.2, 0) is 10.0 Å². The maximum atomic E-state index is 12.5. The van der Waals surface area contributed by atoms with Gasteiger partial charge in [-0.3, -0.25) is 0 Å². The highest BCUT2D eigenvalue weighted by atomic mass is 32.2. The molecule has 1 aromatic carbocycles. The fraction of sp³-hybridized carbons (Fsp3) is 0.500. The van der Waals surface area contributed by atoms with Gasteiger partial charge in [0.15, 0.2) is 0 Å². The average Bonchev–Trinajstić information content (AvgIpc) is 2.31. The predicted octanol–water partition coefficient (Wildman–Crippen LogP) is 1.43. The number of benzene rings is 1. The van der Waals surface area contributed by atoms with E-state index in [2.05, 4.69) is 0 Å². The van der Waals surface area contributed by atoms with Crippen molar-refractivity contribution in [2.45, 2.75) is 24.9 Å². The van der Waals surface area contributed by atoms with Crippen LogP contribution in [0.1, 0.15) is 11.1 Å². The van der Waals surface area contributed by atoms with Gasteiger partial charge in [0, 0.05) is 12.2 Å². The van der Waals surface area contributed by atoms with E-state index in [1.54, 1.807) is 6.92 Å². The minimum absolute atomic E-state index is 0.146. The van der Waals surface area contributed by atoms with Gasteiger partial charge in [-0.2, -0.15) is 17.5 Å². The number of aryl methyl sites for hydroxylation is 1. The molecule has 0 unspecified atom stereocenters. The number of aliphatic hydroxyl groups excluding tert-OH is 1. The monoisotopic (exact) mass is 326 g/mol. The smallest absolute Gasteiger partial charge is 0.399 e. The second kappa shape index (κ2) is 6.20. The predicted molar refractivity (Wildman–Crippen MR) is 72.2 cm³/mol. The van der Waals surface area contributed by atoms with Gasteiger partial charge >= 0.3 is 6.18 Å². The molecule has 21 heavy (non-hydrogen) atoms. The highest BCUT2D eigenvalue weighted by Crippen LogP contribution is 2.27. The van der Waals surface area contributed by atoms with Gasteiger partial charge < -0.3 is 10.8 Å². The van der Waals surface area contributed by atoms with Crippen LogP contribution in [0.3, 0.4) is 0 Å². The number of aliphatic hydroxyl groups is 1. The van der Waals surface area contributed by atoms with Gasteiger partial charge in [-0.1, -0.05) is 0 Å². The lowest BCUT2D eigenvalue weighted by Gasteiger charge is -2.24. The van der Waals surface area contributed by atoms with Crippen molar-refractivity contribution < 1.29 is 26.7 Å². The standard InChI is InChI=1S/C12H17F3N2O3S/c1-8-5-10(16)6-11(9(8)2)21(19,20)17(3-4-18)7-12(13,14)15/h5-6,18H,3-4,7,16H2,1-2H3. The summed E-state index contributed by atoms with van der Waals surface area (Å²) < 4.78 is 62.5. The molecule has 0 aliphatic carbocycles. The molecule has 0 aromatic heterocycles. The van der Waals surface area contributed by atoms with Crippen molar-refractivity contribution in [2.75, 3.05) is 25.4 Å². The Kier molecular flexibility index (Phi) is 5.24. The summed E-state index contributed by atoms with van der Waals surface area (Å²) >= 11 is 0. The van der Waals surface area contributed by atoms with Gasteiger partial charge in [-0.25, -0.2) is 8.42 Å². The van der Waals surface area contributed by atoms with Crippen LogP contribution in [0.25, 0.3) is 0 Å². The second-order valence-corrected chi connectivity index (χ2v) is 6.54. The summed E-state index contributed by atoms with van der Waals surface area (Å²) in [5, 5.41) is 8.82. The first-order chi connectivity index (χ1) is 9.49. The van der Waals surface area contributed by atoms with E-state index in [9.17, 15) is 21.6 Å². The largest absolute Gasteiger partial charge is 0.402 e. The Morgan fingerprint density at radius 1 is 1.29 bits per heavy atom. The van der Waals surface area contributed by atoms with E-state index in [0.29, 0.717) is 11.1 Å². The number of hydrogen-bond acceptors (Lipinski definition) is 4. The molecular formula is C12H17F3N2O3S. The Morgan fingerprint density at radius 3 is 2.33 bits per heavy atom. The Hall–Kier alpha value is -1.32. The third-order valence-electron chi connectivity index (χ3n) is 2.96. The number of rotatable bonds is 5. The topological polar surface area (TPSA) is 83.6 Å². The number of hydrogen-bond donors (Lipinski definition) is 2. The van der Waals surface area contributed by atoms with E-state index in [-0.39, 0.29) is 14.9 Å². The van der Waals surface area contributed by atoms with E-state index in [1.165, 1.54) is 13.0 Å². The maximum absolute atomic E-state index is 12.5. The number of anilines is 1. The lowest BCUT2D eigenvalue weighted by molar-refractivity contribution is -0.136. The molecule has 0 saturated heterocycles. The second-order valence-electron chi connectivity index (χ2n) is 4.64. The van der Waals surface area contributed by atoms with Crippen molar-refractivity contribution in [3.05, 3.63) is 23.3 Å². The van der Waals surface area contributed by atoms with E-state index in [1.807, 2.05) is 0 Å². The van der Waals surface area contributed by atoms with Crippen molar-refractivity contribution in [1.82, 2.24) is 4.31 Å². The summed E-state index contributed by atoms with van der Waals surface area (Å²) in [4.78, 5) is -0.280. The minimum Gasteiger partial charge on any atom is -0.399 e. The number of nitrogens with zero attached hydrogens (tertiary/aromatic N) is 1. The molecule has 5 nitrogen and oxygen atoms in total. The molecule has 0 saturated carbocycles. The van der Waals surface area contributed by atoms with Crippen LogP contribution >= 0.6 is 0 Å². The molecule has 0 radical (unpaired) electrons. The molecular weight excluding hydrogens is 309 g/mol. The highest BCUT2D eigenvalue weighted by molar-refractivity contribution is 7.89. The molecule has 3 N–H and O–H groups in total. The first kappa shape index (κ1) is 17.7. The lowest BCUT2D eigenvalue weighted by atomic mass is 10.1. The van der Waals surface area contributed by atoms with E-state index < -0.39 is 35.9 Å². The molecule has 0 aliphatic heterocycles. The molecule has 0 fully saturated rings. The van der Waals surface area contributed by atoms with E-state index >= 15 is 0 Å². The van der Waals surface area contributed by atoms with E-state index in [0.717, 1.165) is 6.07 Å². The molecule has 0 aliphatic rings. The molecule has 0 atom stereocenters. The summed E-state index contributed by atoms with van der Waals surface area (Å²) in [6.07, 6.45) is -4.70. The highest BCUT2D eigenvalue weighted by Gasteiger charge is 2.37. The minimum atomic E-state index is -4.70. The maximum Gasteiger partial charge on any atom is 0.402 e. The molecule has 0 amide bonds. The first-order valence-corrected chi connectivity index (χ1v) is 7.47. The zero-order valence-corrected chi connectivity index (χ0v) is 12.4. The van der Waals surface area contributed by atoms with Gasteiger partial charge in [0.1, 0.15) is 6.54 Å². The summed E-state index contributed by atoms with van der Waals surface area (Å²) in [5.74, 6) is 0. The molecule has 0 bridgehead atoms. The molecule has 9 heteroatoms. The third kappa shape index (κ3) is 4.32. The van der Waals surface area contributed by atoms with Crippen LogP contribution in [0.2, 0.25) is 0 Å². The Morgan fingerprint density at radius 2 is 1.86 bits per heavy atom. The molecule has 1 rings (SSSR count). The van der Waals surface area contributed by atoms with Crippen LogP contribution in [-0.4, -0.2) is 43.7 Å². The van der Waals surface area contributed by atoms with Crippen LogP contribution in [0, 0.1) is 13.8 Å². The lowest BCUT2D eigenvalue weighted by Crippen LogP contribution is -2.40. The first-order valence-electron chi connectivity index (χ1n) is 6.03. The zero-order valence-electron chi connectivity index (χ0n) is 11.6. The summed E-state index contributed by atoms with van der Waals surface area (Å²) in [6.45, 7) is 0.0885.